The van der Waals surface area contributed by atoms with E-state index in [4.69, 9.17) is 0 Å². The smallest absolute Gasteiger partial charge is 0.246 e. The van der Waals surface area contributed by atoms with Gasteiger partial charge in [0.2, 0.25) is 11.8 Å². The van der Waals surface area contributed by atoms with Crippen LogP contribution in [0.4, 0.5) is 0 Å². The molecule has 2 aliphatic heterocycles. The number of benzene rings is 1. The SMILES string of the molecule is CN1C(=O)CC(NCC2Cc3ccccc3S2)C1=O. The van der Waals surface area contributed by atoms with Crippen molar-refractivity contribution in [2.45, 2.75) is 29.0 Å². The monoisotopic (exact) mass is 276 g/mol. The van der Waals surface area contributed by atoms with Crippen LogP contribution < -0.4 is 5.32 Å². The number of thioether (sulfide) groups is 1. The van der Waals surface area contributed by atoms with E-state index >= 15 is 0 Å². The van der Waals surface area contributed by atoms with Crippen molar-refractivity contribution in [1.29, 1.82) is 0 Å². The van der Waals surface area contributed by atoms with E-state index in [0.717, 1.165) is 13.0 Å². The van der Waals surface area contributed by atoms with Crippen molar-refractivity contribution >= 4 is 23.6 Å². The average molecular weight is 276 g/mol. The number of hydrogen-bond acceptors (Lipinski definition) is 4. The van der Waals surface area contributed by atoms with Gasteiger partial charge in [-0.2, -0.15) is 0 Å². The Hall–Kier alpha value is -1.33. The largest absolute Gasteiger partial charge is 0.304 e. The van der Waals surface area contributed by atoms with Crippen LogP contribution in [0.2, 0.25) is 0 Å². The number of imide groups is 1. The Morgan fingerprint density at radius 1 is 1.32 bits per heavy atom. The third kappa shape index (κ3) is 2.40. The molecule has 1 saturated heterocycles. The number of hydrogen-bond donors (Lipinski definition) is 1. The Bertz CT molecular complexity index is 507. The van der Waals surface area contributed by atoms with E-state index in [1.54, 1.807) is 7.05 Å². The zero-order valence-corrected chi connectivity index (χ0v) is 11.6. The molecule has 0 saturated carbocycles. The lowest BCUT2D eigenvalue weighted by Crippen LogP contribution is -2.40. The number of fused-ring (bicyclic) bond motifs is 1. The van der Waals surface area contributed by atoms with Crippen LogP contribution >= 0.6 is 11.8 Å². The molecular formula is C14H16N2O2S. The lowest BCUT2D eigenvalue weighted by molar-refractivity contribution is -0.137. The number of carbonyl (C=O) groups is 2. The normalized spacial score (nSPS) is 26.1. The quantitative estimate of drug-likeness (QED) is 0.838. The van der Waals surface area contributed by atoms with E-state index in [1.165, 1.54) is 15.4 Å². The fourth-order valence-electron chi connectivity index (χ4n) is 2.56. The van der Waals surface area contributed by atoms with Crippen molar-refractivity contribution < 1.29 is 9.59 Å². The van der Waals surface area contributed by atoms with E-state index in [2.05, 4.69) is 29.6 Å². The van der Waals surface area contributed by atoms with Gasteiger partial charge in [0.1, 0.15) is 0 Å². The average Bonchev–Trinajstić information content (AvgIpc) is 2.93. The zero-order chi connectivity index (χ0) is 13.4. The highest BCUT2D eigenvalue weighted by molar-refractivity contribution is 8.00. The van der Waals surface area contributed by atoms with Gasteiger partial charge in [-0.25, -0.2) is 0 Å². The molecule has 0 aromatic heterocycles. The third-order valence-electron chi connectivity index (χ3n) is 3.69. The number of nitrogens with one attached hydrogen (secondary N) is 1. The maximum atomic E-state index is 11.8. The summed E-state index contributed by atoms with van der Waals surface area (Å²) in [7, 11) is 1.55. The summed E-state index contributed by atoms with van der Waals surface area (Å²) in [5.41, 5.74) is 1.38. The van der Waals surface area contributed by atoms with Gasteiger partial charge >= 0.3 is 0 Å². The van der Waals surface area contributed by atoms with Crippen LogP contribution in [0.5, 0.6) is 0 Å². The van der Waals surface area contributed by atoms with Crippen molar-refractivity contribution in [3.8, 4) is 0 Å². The predicted octanol–water partition coefficient (Wildman–Crippen LogP) is 1.05. The maximum Gasteiger partial charge on any atom is 0.246 e. The molecule has 2 amide bonds. The first-order valence-corrected chi connectivity index (χ1v) is 7.31. The molecule has 2 unspecified atom stereocenters. The minimum Gasteiger partial charge on any atom is -0.304 e. The highest BCUT2D eigenvalue weighted by Gasteiger charge is 2.36. The molecular weight excluding hydrogens is 260 g/mol. The Balaban J connectivity index is 1.55. The number of amides is 2. The highest BCUT2D eigenvalue weighted by Crippen LogP contribution is 2.36. The molecule has 0 spiro atoms. The van der Waals surface area contributed by atoms with Crippen molar-refractivity contribution in [2.75, 3.05) is 13.6 Å². The molecule has 1 aromatic rings. The number of rotatable bonds is 3. The molecule has 1 fully saturated rings. The first-order chi connectivity index (χ1) is 9.15. The van der Waals surface area contributed by atoms with Gasteiger partial charge in [-0.3, -0.25) is 14.5 Å². The van der Waals surface area contributed by atoms with E-state index in [1.807, 2.05) is 11.8 Å². The zero-order valence-electron chi connectivity index (χ0n) is 10.8. The van der Waals surface area contributed by atoms with Crippen LogP contribution in [-0.4, -0.2) is 41.6 Å². The Morgan fingerprint density at radius 3 is 2.79 bits per heavy atom. The minimum absolute atomic E-state index is 0.0927. The summed E-state index contributed by atoms with van der Waals surface area (Å²) < 4.78 is 0. The number of carbonyl (C=O) groups excluding carboxylic acids is 2. The van der Waals surface area contributed by atoms with Crippen LogP contribution in [0.3, 0.4) is 0 Å². The standard InChI is InChI=1S/C14H16N2O2S/c1-16-13(17)7-11(14(16)18)15-8-10-6-9-4-2-3-5-12(9)19-10/h2-5,10-11,15H,6-8H2,1H3. The molecule has 2 aliphatic rings. The fraction of sp³-hybridized carbons (Fsp3) is 0.429. The summed E-state index contributed by atoms with van der Waals surface area (Å²) in [4.78, 5) is 25.8. The van der Waals surface area contributed by atoms with Crippen molar-refractivity contribution in [3.63, 3.8) is 0 Å². The molecule has 4 nitrogen and oxygen atoms in total. The second-order valence-corrected chi connectivity index (χ2v) is 6.35. The van der Waals surface area contributed by atoms with Gasteiger partial charge in [-0.15, -0.1) is 11.8 Å². The van der Waals surface area contributed by atoms with Gasteiger partial charge < -0.3 is 5.32 Å². The summed E-state index contributed by atoms with van der Waals surface area (Å²) in [6.07, 6.45) is 1.32. The molecule has 3 rings (SSSR count). The molecule has 1 N–H and O–H groups in total. The molecule has 0 radical (unpaired) electrons. The number of nitrogens with zero attached hydrogens (tertiary/aromatic N) is 1. The Morgan fingerprint density at radius 2 is 2.11 bits per heavy atom. The first kappa shape index (κ1) is 12.7. The molecule has 2 heterocycles. The van der Waals surface area contributed by atoms with E-state index < -0.39 is 0 Å². The van der Waals surface area contributed by atoms with Gasteiger partial charge in [0.15, 0.2) is 0 Å². The highest BCUT2D eigenvalue weighted by atomic mass is 32.2. The fourth-order valence-corrected chi connectivity index (χ4v) is 3.82. The van der Waals surface area contributed by atoms with Gasteiger partial charge in [0.05, 0.1) is 12.5 Å². The van der Waals surface area contributed by atoms with Crippen LogP contribution in [0.15, 0.2) is 29.2 Å². The van der Waals surface area contributed by atoms with Gasteiger partial charge in [0.25, 0.3) is 0 Å². The summed E-state index contributed by atoms with van der Waals surface area (Å²) in [5.74, 6) is -0.199. The molecule has 5 heteroatoms. The van der Waals surface area contributed by atoms with Crippen molar-refractivity contribution in [2.24, 2.45) is 0 Å². The van der Waals surface area contributed by atoms with Gasteiger partial charge in [0, 0.05) is 23.7 Å². The summed E-state index contributed by atoms with van der Waals surface area (Å²) in [6, 6.07) is 8.07. The molecule has 1 aromatic carbocycles. The number of likely N-dealkylation sites (N-methyl/N-ethyl adjacent to an activating group) is 1. The van der Waals surface area contributed by atoms with E-state index in [0.29, 0.717) is 11.7 Å². The molecule has 2 atom stereocenters. The summed E-state index contributed by atoms with van der Waals surface area (Å²) >= 11 is 1.85. The number of likely N-dealkylation sites (tertiary alicyclic amines) is 1. The van der Waals surface area contributed by atoms with Crippen LogP contribution in [0, 0.1) is 0 Å². The molecule has 19 heavy (non-hydrogen) atoms. The van der Waals surface area contributed by atoms with Crippen molar-refractivity contribution in [3.05, 3.63) is 29.8 Å². The second-order valence-electron chi connectivity index (χ2n) is 5.01. The predicted molar refractivity (Wildman–Crippen MR) is 74.0 cm³/mol. The van der Waals surface area contributed by atoms with E-state index in [9.17, 15) is 9.59 Å². The lowest BCUT2D eigenvalue weighted by atomic mass is 10.1. The molecule has 100 valence electrons. The van der Waals surface area contributed by atoms with Crippen LogP contribution in [-0.2, 0) is 16.0 Å². The van der Waals surface area contributed by atoms with Crippen LogP contribution in [0.25, 0.3) is 0 Å². The van der Waals surface area contributed by atoms with E-state index in [-0.39, 0.29) is 17.9 Å². The minimum atomic E-state index is -0.332. The molecule has 0 aliphatic carbocycles. The lowest BCUT2D eigenvalue weighted by Gasteiger charge is -2.14. The third-order valence-corrected chi connectivity index (χ3v) is 5.01. The second kappa shape index (κ2) is 4.98. The van der Waals surface area contributed by atoms with Crippen LogP contribution in [0.1, 0.15) is 12.0 Å². The maximum absolute atomic E-state index is 11.8. The molecule has 0 bridgehead atoms. The summed E-state index contributed by atoms with van der Waals surface area (Å²) in [6.45, 7) is 0.761. The first-order valence-electron chi connectivity index (χ1n) is 6.43. The van der Waals surface area contributed by atoms with Gasteiger partial charge in [-0.1, -0.05) is 18.2 Å². The van der Waals surface area contributed by atoms with Crippen molar-refractivity contribution in [1.82, 2.24) is 10.2 Å². The topological polar surface area (TPSA) is 49.4 Å². The Kier molecular flexibility index (Phi) is 3.33. The Labute approximate surface area is 116 Å². The summed E-state index contributed by atoms with van der Waals surface area (Å²) in [5, 5.41) is 3.69. The van der Waals surface area contributed by atoms with Gasteiger partial charge in [-0.05, 0) is 18.1 Å².